The van der Waals surface area contributed by atoms with Crippen LogP contribution in [0.25, 0.3) is 0 Å². The predicted molar refractivity (Wildman–Crippen MR) is 93.5 cm³/mol. The van der Waals surface area contributed by atoms with Crippen molar-refractivity contribution in [1.82, 2.24) is 5.32 Å². The third kappa shape index (κ3) is 3.21. The number of Topliss-reactive ketones (excluding diaryl/α,β-unsaturated/α-hetero) is 1. The molecule has 1 aliphatic rings. The fourth-order valence-corrected chi connectivity index (χ4v) is 3.02. The summed E-state index contributed by atoms with van der Waals surface area (Å²) in [5, 5.41) is 13.2. The number of ketones is 1. The van der Waals surface area contributed by atoms with Crippen LogP contribution < -0.4 is 5.32 Å². The molecule has 1 amide bonds. The van der Waals surface area contributed by atoms with E-state index in [2.05, 4.69) is 5.32 Å². The largest absolute Gasteiger partial charge is 0.501 e. The van der Waals surface area contributed by atoms with Crippen molar-refractivity contribution in [3.05, 3.63) is 81.3 Å². The zero-order chi connectivity index (χ0) is 18.2. The van der Waals surface area contributed by atoms with Crippen LogP contribution in [0.2, 0.25) is 10.0 Å². The summed E-state index contributed by atoms with van der Waals surface area (Å²) in [5.74, 6) is -2.18. The van der Waals surface area contributed by atoms with Gasteiger partial charge in [-0.15, -0.1) is 0 Å². The van der Waals surface area contributed by atoms with Gasteiger partial charge in [-0.3, -0.25) is 14.9 Å². The summed E-state index contributed by atoms with van der Waals surface area (Å²) in [6.45, 7) is 1.47. The zero-order valence-corrected chi connectivity index (χ0v) is 14.6. The lowest BCUT2D eigenvalue weighted by atomic mass is 9.92. The predicted octanol–water partition coefficient (Wildman–Crippen LogP) is 3.97. The highest BCUT2D eigenvalue weighted by atomic mass is 35.5. The molecule has 7 heteroatoms. The van der Waals surface area contributed by atoms with Crippen molar-refractivity contribution in [2.24, 2.45) is 0 Å². The standard InChI is InChI=1S/C18H13Cl2NO4/c1-18(11-7-12(19)9-13(20)8-11)15(23)14(22)17(25-18)21-16(24)10-5-3-2-4-6-10/h2-9,22H,1H3,(H,21,24). The minimum absolute atomic E-state index is 0.308. The van der Waals surface area contributed by atoms with Crippen molar-refractivity contribution in [3.63, 3.8) is 0 Å². The number of nitrogens with one attached hydrogen (secondary N) is 1. The van der Waals surface area contributed by atoms with Crippen LogP contribution in [0, 0.1) is 0 Å². The van der Waals surface area contributed by atoms with E-state index in [-0.39, 0.29) is 5.88 Å². The Balaban J connectivity index is 1.89. The molecule has 2 N–H and O–H groups in total. The van der Waals surface area contributed by atoms with Crippen molar-refractivity contribution in [2.45, 2.75) is 12.5 Å². The van der Waals surface area contributed by atoms with Crippen molar-refractivity contribution in [1.29, 1.82) is 0 Å². The van der Waals surface area contributed by atoms with E-state index in [1.165, 1.54) is 25.1 Å². The number of benzene rings is 2. The van der Waals surface area contributed by atoms with Crippen LogP contribution in [-0.4, -0.2) is 16.8 Å². The summed E-state index contributed by atoms with van der Waals surface area (Å²) in [5.41, 5.74) is -0.818. The lowest BCUT2D eigenvalue weighted by Crippen LogP contribution is -2.32. The molecule has 1 aliphatic heterocycles. The minimum Gasteiger partial charge on any atom is -0.501 e. The SMILES string of the molecule is CC1(c2cc(Cl)cc(Cl)c2)OC(NC(=O)c2ccccc2)=C(O)C1=O. The first-order valence-corrected chi connectivity index (χ1v) is 8.07. The fourth-order valence-electron chi connectivity index (χ4n) is 2.50. The molecule has 0 fully saturated rings. The zero-order valence-electron chi connectivity index (χ0n) is 13.0. The molecule has 1 heterocycles. The maximum atomic E-state index is 12.5. The number of aliphatic hydroxyl groups is 1. The Bertz CT molecular complexity index is 875. The molecular formula is C18H13Cl2NO4. The van der Waals surface area contributed by atoms with Gasteiger partial charge < -0.3 is 9.84 Å². The van der Waals surface area contributed by atoms with Crippen LogP contribution in [0.5, 0.6) is 0 Å². The summed E-state index contributed by atoms with van der Waals surface area (Å²) in [6.07, 6.45) is 0. The van der Waals surface area contributed by atoms with E-state index in [0.717, 1.165) is 0 Å². The smallest absolute Gasteiger partial charge is 0.258 e. The average molecular weight is 378 g/mol. The Kier molecular flexibility index (Phi) is 4.45. The topological polar surface area (TPSA) is 75.6 Å². The number of carbonyl (C=O) groups is 2. The average Bonchev–Trinajstić information content (AvgIpc) is 2.80. The fraction of sp³-hybridized carbons (Fsp3) is 0.111. The second kappa shape index (κ2) is 6.43. The molecule has 5 nitrogen and oxygen atoms in total. The van der Waals surface area contributed by atoms with Gasteiger partial charge in [-0.25, -0.2) is 0 Å². The van der Waals surface area contributed by atoms with E-state index in [1.807, 2.05) is 0 Å². The highest BCUT2D eigenvalue weighted by molar-refractivity contribution is 6.34. The van der Waals surface area contributed by atoms with E-state index < -0.39 is 23.1 Å². The number of aliphatic hydroxyl groups excluding tert-OH is 1. The molecule has 0 saturated carbocycles. The molecule has 0 aliphatic carbocycles. The molecule has 25 heavy (non-hydrogen) atoms. The molecule has 2 aromatic rings. The molecule has 3 rings (SSSR count). The van der Waals surface area contributed by atoms with E-state index in [4.69, 9.17) is 27.9 Å². The minimum atomic E-state index is -1.54. The van der Waals surface area contributed by atoms with Gasteiger partial charge in [-0.05, 0) is 37.3 Å². The van der Waals surface area contributed by atoms with Gasteiger partial charge in [0.05, 0.1) is 0 Å². The van der Waals surface area contributed by atoms with E-state index >= 15 is 0 Å². The van der Waals surface area contributed by atoms with Crippen molar-refractivity contribution in [3.8, 4) is 0 Å². The number of halogens is 2. The maximum absolute atomic E-state index is 12.5. The molecule has 1 unspecified atom stereocenters. The Morgan fingerprint density at radius 1 is 1.12 bits per heavy atom. The molecule has 2 aromatic carbocycles. The highest BCUT2D eigenvalue weighted by Crippen LogP contribution is 2.39. The molecule has 0 bridgehead atoms. The molecule has 0 radical (unpaired) electrons. The quantitative estimate of drug-likeness (QED) is 0.848. The van der Waals surface area contributed by atoms with Crippen LogP contribution in [-0.2, 0) is 15.1 Å². The van der Waals surface area contributed by atoms with Gasteiger partial charge in [0.2, 0.25) is 11.6 Å². The normalized spacial score (nSPS) is 19.7. The van der Waals surface area contributed by atoms with Crippen molar-refractivity contribution in [2.75, 3.05) is 0 Å². The Labute approximate surface area is 153 Å². The number of hydrogen-bond acceptors (Lipinski definition) is 4. The number of hydrogen-bond donors (Lipinski definition) is 2. The summed E-state index contributed by atoms with van der Waals surface area (Å²) in [4.78, 5) is 24.7. The molecule has 128 valence electrons. The summed E-state index contributed by atoms with van der Waals surface area (Å²) >= 11 is 12.0. The number of amides is 1. The van der Waals surface area contributed by atoms with Crippen LogP contribution in [0.1, 0.15) is 22.8 Å². The Morgan fingerprint density at radius 2 is 1.72 bits per heavy atom. The number of carbonyl (C=O) groups excluding carboxylic acids is 2. The lowest BCUT2D eigenvalue weighted by molar-refractivity contribution is -0.131. The monoisotopic (exact) mass is 377 g/mol. The van der Waals surface area contributed by atoms with Crippen molar-refractivity contribution < 1.29 is 19.4 Å². The van der Waals surface area contributed by atoms with Crippen LogP contribution >= 0.6 is 23.2 Å². The van der Waals surface area contributed by atoms with Gasteiger partial charge in [0.15, 0.2) is 5.60 Å². The Morgan fingerprint density at radius 3 is 2.32 bits per heavy atom. The second-order valence-electron chi connectivity index (χ2n) is 5.62. The molecule has 1 atom stereocenters. The van der Waals surface area contributed by atoms with Gasteiger partial charge in [0.25, 0.3) is 11.7 Å². The number of ether oxygens (including phenoxy) is 1. The maximum Gasteiger partial charge on any atom is 0.258 e. The van der Waals surface area contributed by atoms with Crippen LogP contribution in [0.15, 0.2) is 60.2 Å². The first-order valence-electron chi connectivity index (χ1n) is 7.31. The Hall–Kier alpha value is -2.50. The van der Waals surface area contributed by atoms with Gasteiger partial charge >= 0.3 is 0 Å². The highest BCUT2D eigenvalue weighted by Gasteiger charge is 2.48. The van der Waals surface area contributed by atoms with Gasteiger partial charge in [0, 0.05) is 21.2 Å². The van der Waals surface area contributed by atoms with E-state index in [9.17, 15) is 14.7 Å². The molecular weight excluding hydrogens is 365 g/mol. The van der Waals surface area contributed by atoms with Crippen LogP contribution in [0.4, 0.5) is 0 Å². The first kappa shape index (κ1) is 17.3. The third-order valence-electron chi connectivity index (χ3n) is 3.85. The van der Waals surface area contributed by atoms with E-state index in [0.29, 0.717) is 21.2 Å². The van der Waals surface area contributed by atoms with Crippen LogP contribution in [0.3, 0.4) is 0 Å². The second-order valence-corrected chi connectivity index (χ2v) is 6.49. The third-order valence-corrected chi connectivity index (χ3v) is 4.28. The summed E-state index contributed by atoms with van der Waals surface area (Å²) < 4.78 is 5.59. The van der Waals surface area contributed by atoms with Crippen molar-refractivity contribution >= 4 is 34.9 Å². The summed E-state index contributed by atoms with van der Waals surface area (Å²) in [7, 11) is 0. The van der Waals surface area contributed by atoms with Gasteiger partial charge in [-0.1, -0.05) is 41.4 Å². The molecule has 0 saturated heterocycles. The van der Waals surface area contributed by atoms with Gasteiger partial charge in [0.1, 0.15) is 0 Å². The van der Waals surface area contributed by atoms with Gasteiger partial charge in [-0.2, -0.15) is 0 Å². The summed E-state index contributed by atoms with van der Waals surface area (Å²) in [6, 6.07) is 12.9. The first-order chi connectivity index (χ1) is 11.8. The molecule has 0 aromatic heterocycles. The number of rotatable bonds is 3. The van der Waals surface area contributed by atoms with E-state index in [1.54, 1.807) is 30.3 Å². The molecule has 0 spiro atoms. The lowest BCUT2D eigenvalue weighted by Gasteiger charge is -2.24.